The van der Waals surface area contributed by atoms with E-state index in [1.54, 1.807) is 12.3 Å². The first kappa shape index (κ1) is 17.1. The zero-order chi connectivity index (χ0) is 16.9. The van der Waals surface area contributed by atoms with Crippen LogP contribution in [0.3, 0.4) is 0 Å². The average Bonchev–Trinajstić information content (AvgIpc) is 3.42. The van der Waals surface area contributed by atoms with Crippen molar-refractivity contribution in [2.45, 2.75) is 32.4 Å². The molecule has 5 heteroatoms. The largest absolute Gasteiger partial charge is 0.310 e. The van der Waals surface area contributed by atoms with Crippen LogP contribution < -0.4 is 5.32 Å². The predicted octanol–water partition coefficient (Wildman–Crippen LogP) is 4.08. The molecule has 1 saturated carbocycles. The molecule has 1 atom stereocenters. The van der Waals surface area contributed by atoms with Gasteiger partial charge in [-0.3, -0.25) is 9.69 Å². The highest BCUT2D eigenvalue weighted by molar-refractivity contribution is 9.10. The van der Waals surface area contributed by atoms with E-state index in [1.807, 2.05) is 24.3 Å². The van der Waals surface area contributed by atoms with Crippen molar-refractivity contribution in [2.24, 2.45) is 5.92 Å². The maximum atomic E-state index is 12.4. The average molecular weight is 388 g/mol. The van der Waals surface area contributed by atoms with Crippen LogP contribution in [0.25, 0.3) is 0 Å². The Balaban J connectivity index is 1.64. The molecule has 0 bridgehead atoms. The van der Waals surface area contributed by atoms with Gasteiger partial charge in [-0.2, -0.15) is 0 Å². The van der Waals surface area contributed by atoms with E-state index in [2.05, 4.69) is 50.2 Å². The third-order valence-corrected chi connectivity index (χ3v) is 4.92. The number of anilines is 1. The third-order valence-electron chi connectivity index (χ3n) is 4.45. The summed E-state index contributed by atoms with van der Waals surface area (Å²) in [5.41, 5.74) is 1.24. The molecule has 4 nitrogen and oxygen atoms in total. The summed E-state index contributed by atoms with van der Waals surface area (Å²) in [6, 6.07) is 14.4. The number of hydrogen-bond donors (Lipinski definition) is 1. The monoisotopic (exact) mass is 387 g/mol. The molecule has 0 saturated heterocycles. The van der Waals surface area contributed by atoms with Crippen LogP contribution in [0.1, 0.15) is 25.3 Å². The van der Waals surface area contributed by atoms with E-state index in [0.717, 1.165) is 11.0 Å². The minimum atomic E-state index is -0.0201. The van der Waals surface area contributed by atoms with Gasteiger partial charge >= 0.3 is 0 Å². The van der Waals surface area contributed by atoms with Crippen molar-refractivity contribution in [2.75, 3.05) is 11.9 Å². The predicted molar refractivity (Wildman–Crippen MR) is 99.6 cm³/mol. The first-order valence-corrected chi connectivity index (χ1v) is 9.10. The normalized spacial score (nSPS) is 15.3. The number of carbonyl (C=O) groups is 1. The molecule has 2 aromatic rings. The number of hydrogen-bond acceptors (Lipinski definition) is 3. The molecular formula is C19H22BrN3O. The molecule has 1 aliphatic carbocycles. The fourth-order valence-electron chi connectivity index (χ4n) is 2.86. The van der Waals surface area contributed by atoms with E-state index >= 15 is 0 Å². The van der Waals surface area contributed by atoms with Crippen LogP contribution >= 0.6 is 15.9 Å². The molecule has 1 aliphatic rings. The van der Waals surface area contributed by atoms with Crippen molar-refractivity contribution in [1.29, 1.82) is 0 Å². The Morgan fingerprint density at radius 3 is 2.67 bits per heavy atom. The van der Waals surface area contributed by atoms with Gasteiger partial charge in [0.25, 0.3) is 0 Å². The molecule has 1 aromatic carbocycles. The van der Waals surface area contributed by atoms with E-state index < -0.39 is 0 Å². The number of carbonyl (C=O) groups excluding carboxylic acids is 1. The molecule has 1 heterocycles. The van der Waals surface area contributed by atoms with Gasteiger partial charge in [0.1, 0.15) is 5.82 Å². The number of nitrogens with zero attached hydrogens (tertiary/aromatic N) is 2. The van der Waals surface area contributed by atoms with Crippen molar-refractivity contribution < 1.29 is 4.79 Å². The molecule has 0 radical (unpaired) electrons. The summed E-state index contributed by atoms with van der Waals surface area (Å²) < 4.78 is 0.897. The molecule has 1 aromatic heterocycles. The Morgan fingerprint density at radius 1 is 1.29 bits per heavy atom. The van der Waals surface area contributed by atoms with Gasteiger partial charge < -0.3 is 5.32 Å². The van der Waals surface area contributed by atoms with Crippen LogP contribution in [0.15, 0.2) is 53.1 Å². The van der Waals surface area contributed by atoms with Crippen LogP contribution in [0.2, 0.25) is 0 Å². The second-order valence-corrected chi connectivity index (χ2v) is 7.29. The quantitative estimate of drug-likeness (QED) is 0.778. The molecule has 1 unspecified atom stereocenters. The molecule has 0 aliphatic heterocycles. The molecule has 1 fully saturated rings. The molecule has 0 spiro atoms. The summed E-state index contributed by atoms with van der Waals surface area (Å²) in [4.78, 5) is 18.9. The van der Waals surface area contributed by atoms with E-state index in [4.69, 9.17) is 0 Å². The third kappa shape index (κ3) is 4.89. The van der Waals surface area contributed by atoms with Gasteiger partial charge in [0.15, 0.2) is 0 Å². The van der Waals surface area contributed by atoms with Gasteiger partial charge in [-0.05, 0) is 59.3 Å². The van der Waals surface area contributed by atoms with E-state index in [1.165, 1.54) is 18.4 Å². The molecule has 126 valence electrons. The number of pyridine rings is 1. The minimum absolute atomic E-state index is 0.0201. The van der Waals surface area contributed by atoms with Gasteiger partial charge in [-0.25, -0.2) is 4.98 Å². The summed E-state index contributed by atoms with van der Waals surface area (Å²) in [6.07, 6.45) is 4.22. The van der Waals surface area contributed by atoms with Gasteiger partial charge in [0.2, 0.25) is 5.91 Å². The Hall–Kier alpha value is -1.72. The number of benzene rings is 1. The van der Waals surface area contributed by atoms with Crippen LogP contribution in [0, 0.1) is 5.92 Å². The van der Waals surface area contributed by atoms with E-state index in [9.17, 15) is 4.79 Å². The van der Waals surface area contributed by atoms with Crippen molar-refractivity contribution in [1.82, 2.24) is 9.88 Å². The molecule has 3 rings (SSSR count). The Morgan fingerprint density at radius 2 is 2.04 bits per heavy atom. The SMILES string of the molecule is CC(C1CC1)N(CC(=O)Nc1ccc(Br)cn1)Cc1ccccc1. The second-order valence-electron chi connectivity index (χ2n) is 6.38. The fourth-order valence-corrected chi connectivity index (χ4v) is 3.09. The van der Waals surface area contributed by atoms with Crippen LogP contribution in [-0.4, -0.2) is 28.4 Å². The highest BCUT2D eigenvalue weighted by atomic mass is 79.9. The number of nitrogens with one attached hydrogen (secondary N) is 1. The Kier molecular flexibility index (Phi) is 5.63. The number of halogens is 1. The Labute approximate surface area is 151 Å². The molecule has 1 amide bonds. The Bertz CT molecular complexity index is 671. The summed E-state index contributed by atoms with van der Waals surface area (Å²) in [6.45, 7) is 3.40. The van der Waals surface area contributed by atoms with Crippen LogP contribution in [0.4, 0.5) is 5.82 Å². The number of amides is 1. The first-order valence-electron chi connectivity index (χ1n) is 8.31. The lowest BCUT2D eigenvalue weighted by Crippen LogP contribution is -2.40. The van der Waals surface area contributed by atoms with Crippen molar-refractivity contribution in [3.05, 3.63) is 58.7 Å². The summed E-state index contributed by atoms with van der Waals surface area (Å²) in [7, 11) is 0. The maximum Gasteiger partial charge on any atom is 0.239 e. The standard InChI is InChI=1S/C19H22BrN3O/c1-14(16-7-8-16)23(12-15-5-3-2-4-6-15)13-19(24)22-18-10-9-17(20)11-21-18/h2-6,9-11,14,16H,7-8,12-13H2,1H3,(H,21,22,24). The smallest absolute Gasteiger partial charge is 0.239 e. The van der Waals surface area contributed by atoms with Gasteiger partial charge in [-0.1, -0.05) is 30.3 Å². The fraction of sp³-hybridized carbons (Fsp3) is 0.368. The van der Waals surface area contributed by atoms with Crippen molar-refractivity contribution in [3.8, 4) is 0 Å². The van der Waals surface area contributed by atoms with Crippen LogP contribution in [0.5, 0.6) is 0 Å². The highest BCUT2D eigenvalue weighted by Gasteiger charge is 2.32. The van der Waals surface area contributed by atoms with Crippen LogP contribution in [-0.2, 0) is 11.3 Å². The maximum absolute atomic E-state index is 12.4. The zero-order valence-electron chi connectivity index (χ0n) is 13.8. The van der Waals surface area contributed by atoms with Crippen molar-refractivity contribution in [3.63, 3.8) is 0 Å². The lowest BCUT2D eigenvalue weighted by Gasteiger charge is -2.28. The second kappa shape index (κ2) is 7.90. The minimum Gasteiger partial charge on any atom is -0.310 e. The van der Waals surface area contributed by atoms with E-state index in [0.29, 0.717) is 24.3 Å². The summed E-state index contributed by atoms with van der Waals surface area (Å²) in [5.74, 6) is 1.28. The molecule has 24 heavy (non-hydrogen) atoms. The number of rotatable bonds is 7. The first-order chi connectivity index (χ1) is 11.6. The highest BCUT2D eigenvalue weighted by Crippen LogP contribution is 2.35. The lowest BCUT2D eigenvalue weighted by atomic mass is 10.1. The topological polar surface area (TPSA) is 45.2 Å². The number of aromatic nitrogens is 1. The lowest BCUT2D eigenvalue weighted by molar-refractivity contribution is -0.118. The van der Waals surface area contributed by atoms with Gasteiger partial charge in [-0.15, -0.1) is 0 Å². The van der Waals surface area contributed by atoms with Gasteiger partial charge in [0.05, 0.1) is 6.54 Å². The summed E-state index contributed by atoms with van der Waals surface area (Å²) >= 11 is 3.35. The molecular weight excluding hydrogens is 366 g/mol. The van der Waals surface area contributed by atoms with E-state index in [-0.39, 0.29) is 5.91 Å². The molecule has 1 N–H and O–H groups in total. The summed E-state index contributed by atoms with van der Waals surface area (Å²) in [5, 5.41) is 2.89. The van der Waals surface area contributed by atoms with Gasteiger partial charge in [0, 0.05) is 23.3 Å². The zero-order valence-corrected chi connectivity index (χ0v) is 15.4. The van der Waals surface area contributed by atoms with Crippen molar-refractivity contribution >= 4 is 27.7 Å².